The number of nitrogens with two attached hydrogens (primary N) is 1. The maximum Gasteiger partial charge on any atom is 0.0596 e. The lowest BCUT2D eigenvalue weighted by Crippen LogP contribution is -2.51. The van der Waals surface area contributed by atoms with Crippen LogP contribution in [-0.2, 0) is 13.5 Å². The quantitative estimate of drug-likeness (QED) is 0.850. The van der Waals surface area contributed by atoms with Gasteiger partial charge in [-0.15, -0.1) is 0 Å². The van der Waals surface area contributed by atoms with E-state index in [2.05, 4.69) is 35.1 Å². The third kappa shape index (κ3) is 3.55. The Balaban J connectivity index is 2.05. The summed E-state index contributed by atoms with van der Waals surface area (Å²) in [4.78, 5) is 4.81. The molecular weight excluding hydrogens is 238 g/mol. The van der Waals surface area contributed by atoms with Gasteiger partial charge in [0.1, 0.15) is 0 Å². The summed E-state index contributed by atoms with van der Waals surface area (Å²) in [6.45, 7) is 5.38. The van der Waals surface area contributed by atoms with Crippen molar-refractivity contribution >= 4 is 0 Å². The molecular formula is C14H27N5. The maximum atomic E-state index is 6.47. The highest BCUT2D eigenvalue weighted by atomic mass is 15.3. The molecule has 0 amide bonds. The van der Waals surface area contributed by atoms with Crippen LogP contribution in [0.1, 0.15) is 17.8 Å². The first kappa shape index (κ1) is 14.5. The average molecular weight is 265 g/mol. The zero-order chi connectivity index (χ0) is 14.0. The Morgan fingerprint density at radius 2 is 2.11 bits per heavy atom. The molecule has 108 valence electrons. The third-order valence-corrected chi connectivity index (χ3v) is 4.15. The van der Waals surface area contributed by atoms with Crippen LogP contribution >= 0.6 is 0 Å². The van der Waals surface area contributed by atoms with Crippen molar-refractivity contribution in [2.45, 2.75) is 31.8 Å². The van der Waals surface area contributed by atoms with Gasteiger partial charge in [0.2, 0.25) is 0 Å². The van der Waals surface area contributed by atoms with Gasteiger partial charge in [-0.3, -0.25) is 4.68 Å². The molecule has 1 fully saturated rings. The molecule has 0 radical (unpaired) electrons. The van der Waals surface area contributed by atoms with Crippen LogP contribution in [-0.4, -0.2) is 65.4 Å². The fourth-order valence-electron chi connectivity index (χ4n) is 3.00. The minimum Gasteiger partial charge on any atom is -0.326 e. The van der Waals surface area contributed by atoms with Gasteiger partial charge in [-0.05, 0) is 46.6 Å². The van der Waals surface area contributed by atoms with Gasteiger partial charge in [-0.25, -0.2) is 0 Å². The minimum absolute atomic E-state index is 0.153. The zero-order valence-corrected chi connectivity index (χ0v) is 12.6. The molecule has 1 aromatic heterocycles. The van der Waals surface area contributed by atoms with Gasteiger partial charge < -0.3 is 15.5 Å². The molecule has 1 aliphatic rings. The zero-order valence-electron chi connectivity index (χ0n) is 12.6. The van der Waals surface area contributed by atoms with Crippen LogP contribution in [0.25, 0.3) is 0 Å². The van der Waals surface area contributed by atoms with Crippen molar-refractivity contribution in [2.24, 2.45) is 12.8 Å². The van der Waals surface area contributed by atoms with Gasteiger partial charge in [-0.2, -0.15) is 5.10 Å². The van der Waals surface area contributed by atoms with E-state index >= 15 is 0 Å². The molecule has 2 N–H and O–H groups in total. The Hall–Kier alpha value is -0.910. The summed E-state index contributed by atoms with van der Waals surface area (Å²) in [7, 11) is 6.38. The molecule has 2 heterocycles. The summed E-state index contributed by atoms with van der Waals surface area (Å²) in [6.07, 6.45) is 2.11. The summed E-state index contributed by atoms with van der Waals surface area (Å²) in [6, 6.07) is 2.71. The molecule has 5 heteroatoms. The molecule has 2 unspecified atom stereocenters. The molecule has 1 aliphatic heterocycles. The molecule has 2 atom stereocenters. The number of likely N-dealkylation sites (N-methyl/N-ethyl adjacent to an activating group) is 2. The lowest BCUT2D eigenvalue weighted by atomic mass is 10.0. The highest BCUT2D eigenvalue weighted by Gasteiger charge is 2.26. The second kappa shape index (κ2) is 6.03. The second-order valence-electron chi connectivity index (χ2n) is 5.93. The van der Waals surface area contributed by atoms with Crippen LogP contribution in [0.5, 0.6) is 0 Å². The fraction of sp³-hybridized carbons (Fsp3) is 0.786. The van der Waals surface area contributed by atoms with E-state index < -0.39 is 0 Å². The Bertz CT molecular complexity index is 414. The van der Waals surface area contributed by atoms with Gasteiger partial charge in [0.15, 0.2) is 0 Å². The van der Waals surface area contributed by atoms with Crippen molar-refractivity contribution in [3.8, 4) is 0 Å². The summed E-state index contributed by atoms with van der Waals surface area (Å²) in [5, 5.41) is 4.40. The smallest absolute Gasteiger partial charge is 0.0596 e. The van der Waals surface area contributed by atoms with Crippen LogP contribution in [0.3, 0.4) is 0 Å². The normalized spacial score (nSPS) is 24.4. The molecule has 0 saturated carbocycles. The molecule has 1 aromatic rings. The Morgan fingerprint density at radius 3 is 2.74 bits per heavy atom. The van der Waals surface area contributed by atoms with Crippen molar-refractivity contribution in [1.29, 1.82) is 0 Å². The Kier molecular flexibility index (Phi) is 4.60. The predicted molar refractivity (Wildman–Crippen MR) is 78.2 cm³/mol. The van der Waals surface area contributed by atoms with E-state index in [4.69, 9.17) is 5.73 Å². The number of rotatable bonds is 3. The second-order valence-corrected chi connectivity index (χ2v) is 5.93. The monoisotopic (exact) mass is 265 g/mol. The highest BCUT2D eigenvalue weighted by molar-refractivity contribution is 5.11. The minimum atomic E-state index is 0.153. The summed E-state index contributed by atoms with van der Waals surface area (Å²) < 4.78 is 1.95. The van der Waals surface area contributed by atoms with E-state index in [0.717, 1.165) is 25.2 Å². The van der Waals surface area contributed by atoms with E-state index in [0.29, 0.717) is 6.04 Å². The molecule has 0 spiro atoms. The van der Waals surface area contributed by atoms with Crippen molar-refractivity contribution in [3.63, 3.8) is 0 Å². The van der Waals surface area contributed by atoms with Crippen molar-refractivity contribution in [3.05, 3.63) is 17.5 Å². The maximum absolute atomic E-state index is 6.47. The van der Waals surface area contributed by atoms with Crippen LogP contribution < -0.4 is 5.73 Å². The average Bonchev–Trinajstić information content (AvgIpc) is 2.54. The Labute approximate surface area is 116 Å². The lowest BCUT2D eigenvalue weighted by Gasteiger charge is -2.32. The van der Waals surface area contributed by atoms with E-state index in [-0.39, 0.29) is 6.04 Å². The molecule has 5 nitrogen and oxygen atoms in total. The number of aryl methyl sites for hydroxylation is 2. The molecule has 1 saturated heterocycles. The topological polar surface area (TPSA) is 50.3 Å². The van der Waals surface area contributed by atoms with E-state index in [1.807, 2.05) is 18.7 Å². The van der Waals surface area contributed by atoms with Gasteiger partial charge in [-0.1, -0.05) is 0 Å². The summed E-state index contributed by atoms with van der Waals surface area (Å²) in [5.74, 6) is 0. The van der Waals surface area contributed by atoms with Gasteiger partial charge in [0.05, 0.1) is 5.69 Å². The van der Waals surface area contributed by atoms with Crippen molar-refractivity contribution in [1.82, 2.24) is 19.6 Å². The van der Waals surface area contributed by atoms with E-state index in [1.54, 1.807) is 0 Å². The third-order valence-electron chi connectivity index (χ3n) is 4.15. The van der Waals surface area contributed by atoms with Gasteiger partial charge >= 0.3 is 0 Å². The van der Waals surface area contributed by atoms with Gasteiger partial charge in [0, 0.05) is 37.8 Å². The Morgan fingerprint density at radius 1 is 1.37 bits per heavy atom. The molecule has 0 aliphatic carbocycles. The van der Waals surface area contributed by atoms with Crippen LogP contribution in [0.15, 0.2) is 6.07 Å². The molecule has 0 bridgehead atoms. The van der Waals surface area contributed by atoms with Crippen molar-refractivity contribution < 1.29 is 0 Å². The van der Waals surface area contributed by atoms with E-state index in [9.17, 15) is 0 Å². The summed E-state index contributed by atoms with van der Waals surface area (Å²) >= 11 is 0. The standard InChI is InChI=1S/C14H27N5/c1-11-8-12(19(4)16-11)9-13(15)14-10-17(2)6-5-7-18(14)3/h8,13-14H,5-7,9-10,15H2,1-4H3. The first-order valence-corrected chi connectivity index (χ1v) is 7.11. The number of aromatic nitrogens is 2. The first-order chi connectivity index (χ1) is 8.97. The summed E-state index contributed by atoms with van der Waals surface area (Å²) in [5.41, 5.74) is 8.76. The molecule has 2 rings (SSSR count). The SMILES string of the molecule is Cc1cc(CC(N)C2CN(C)CCCN2C)n(C)n1. The van der Waals surface area contributed by atoms with Crippen molar-refractivity contribution in [2.75, 3.05) is 33.7 Å². The van der Waals surface area contributed by atoms with Crippen LogP contribution in [0.4, 0.5) is 0 Å². The lowest BCUT2D eigenvalue weighted by molar-refractivity contribution is 0.194. The molecule has 19 heavy (non-hydrogen) atoms. The number of nitrogens with zero attached hydrogens (tertiary/aromatic N) is 4. The highest BCUT2D eigenvalue weighted by Crippen LogP contribution is 2.13. The van der Waals surface area contributed by atoms with Crippen LogP contribution in [0.2, 0.25) is 0 Å². The predicted octanol–water partition coefficient (Wildman–Crippen LogP) is 0.234. The van der Waals surface area contributed by atoms with Gasteiger partial charge in [0.25, 0.3) is 0 Å². The molecule has 0 aromatic carbocycles. The number of hydrogen-bond donors (Lipinski definition) is 1. The largest absolute Gasteiger partial charge is 0.326 e. The van der Waals surface area contributed by atoms with E-state index in [1.165, 1.54) is 18.7 Å². The fourth-order valence-corrected chi connectivity index (χ4v) is 3.00. The van der Waals surface area contributed by atoms with Crippen LogP contribution in [0, 0.1) is 6.92 Å². The number of hydrogen-bond acceptors (Lipinski definition) is 4. The first-order valence-electron chi connectivity index (χ1n) is 7.11.